The first-order valence-corrected chi connectivity index (χ1v) is 9.48. The van der Waals surface area contributed by atoms with Gasteiger partial charge in [0, 0.05) is 19.5 Å². The van der Waals surface area contributed by atoms with Gasteiger partial charge in [0.1, 0.15) is 25.0 Å². The van der Waals surface area contributed by atoms with Crippen LogP contribution >= 0.6 is 7.82 Å². The van der Waals surface area contributed by atoms with Crippen molar-refractivity contribution in [2.45, 2.75) is 50.0 Å². The van der Waals surface area contributed by atoms with Crippen LogP contribution in [0.25, 0.3) is 0 Å². The minimum absolute atomic E-state index is 0.0205. The number of hydrogen-bond donors (Lipinski definition) is 0. The second-order valence-electron chi connectivity index (χ2n) is 6.50. The molecule has 14 heteroatoms. The van der Waals surface area contributed by atoms with Crippen LogP contribution in [0.3, 0.4) is 0 Å². The average molecular weight is 435 g/mol. The van der Waals surface area contributed by atoms with Crippen LogP contribution in [0.2, 0.25) is 0 Å². The number of phosphoric ester groups is 1. The maximum atomic E-state index is 13.5. The van der Waals surface area contributed by atoms with Gasteiger partial charge in [0.05, 0.1) is 13.0 Å². The number of Topliss-reactive ketones (excluding diaryl/α,β-unsaturated/α-hetero) is 1. The zero-order valence-corrected chi connectivity index (χ0v) is 15.2. The molecule has 0 aromatic heterocycles. The molecule has 2 saturated heterocycles. The zero-order chi connectivity index (χ0) is 20.9. The average Bonchev–Trinajstić information content (AvgIpc) is 2.98. The number of halogens is 5. The second-order valence-corrected chi connectivity index (χ2v) is 8.12. The van der Waals surface area contributed by atoms with Gasteiger partial charge < -0.3 is 4.74 Å². The quantitative estimate of drug-likeness (QED) is 0.372. The van der Waals surface area contributed by atoms with Gasteiger partial charge in [-0.15, -0.1) is 0 Å². The molecule has 0 radical (unpaired) electrons. The SMILES string of the molecule is CC(F)(F)C(F)(F)COP1(=O)OC[C@H]2O[C@@H](N3C=C(F)C(=O)CC3=O)C[C@@H]2O1. The number of rotatable bonds is 5. The molecule has 0 aromatic carbocycles. The van der Waals surface area contributed by atoms with Crippen molar-refractivity contribution in [1.82, 2.24) is 4.90 Å². The Bertz CT molecular complexity index is 755. The molecule has 0 spiro atoms. The third-order valence-corrected chi connectivity index (χ3v) is 5.76. The van der Waals surface area contributed by atoms with Gasteiger partial charge in [-0.25, -0.2) is 17.7 Å². The highest BCUT2D eigenvalue weighted by molar-refractivity contribution is 7.48. The molecule has 8 nitrogen and oxygen atoms in total. The topological polar surface area (TPSA) is 91.4 Å². The summed E-state index contributed by atoms with van der Waals surface area (Å²) >= 11 is 0. The summed E-state index contributed by atoms with van der Waals surface area (Å²) in [7, 11) is -4.59. The zero-order valence-electron chi connectivity index (χ0n) is 14.3. The molecular weight excluding hydrogens is 420 g/mol. The fourth-order valence-corrected chi connectivity index (χ4v) is 4.07. The molecule has 2 fully saturated rings. The van der Waals surface area contributed by atoms with E-state index in [2.05, 4.69) is 4.52 Å². The number of carbonyl (C=O) groups excluding carboxylic acids is 2. The highest BCUT2D eigenvalue weighted by Gasteiger charge is 2.55. The highest BCUT2D eigenvalue weighted by atomic mass is 31.2. The molecule has 3 rings (SSSR count). The van der Waals surface area contributed by atoms with E-state index >= 15 is 0 Å². The van der Waals surface area contributed by atoms with E-state index < -0.39 is 75.3 Å². The van der Waals surface area contributed by atoms with Gasteiger partial charge in [-0.05, 0) is 0 Å². The van der Waals surface area contributed by atoms with Gasteiger partial charge in [0.15, 0.2) is 5.83 Å². The number of phosphoric acid groups is 1. The number of hydrogen-bond acceptors (Lipinski definition) is 7. The van der Waals surface area contributed by atoms with E-state index in [4.69, 9.17) is 13.8 Å². The molecular formula is C14H15F5NO7P. The van der Waals surface area contributed by atoms with Gasteiger partial charge >= 0.3 is 19.7 Å². The van der Waals surface area contributed by atoms with Crippen molar-refractivity contribution in [3.8, 4) is 0 Å². The molecule has 1 unspecified atom stereocenters. The third-order valence-electron chi connectivity index (χ3n) is 4.32. The Balaban J connectivity index is 1.64. The van der Waals surface area contributed by atoms with Crippen LogP contribution in [0.5, 0.6) is 0 Å². The largest absolute Gasteiger partial charge is 0.475 e. The Morgan fingerprint density at radius 3 is 2.61 bits per heavy atom. The molecule has 3 aliphatic heterocycles. The molecule has 0 aliphatic carbocycles. The van der Waals surface area contributed by atoms with Crippen molar-refractivity contribution in [3.05, 3.63) is 12.0 Å². The third kappa shape index (κ3) is 4.13. The summed E-state index contributed by atoms with van der Waals surface area (Å²) in [5, 5.41) is 0. The van der Waals surface area contributed by atoms with Gasteiger partial charge in [-0.2, -0.15) is 8.78 Å². The Hall–Kier alpha value is -1.40. The molecule has 158 valence electrons. The monoisotopic (exact) mass is 435 g/mol. The van der Waals surface area contributed by atoms with Crippen LogP contribution in [0.1, 0.15) is 19.8 Å². The van der Waals surface area contributed by atoms with E-state index in [1.807, 2.05) is 0 Å². The van der Waals surface area contributed by atoms with Crippen LogP contribution < -0.4 is 0 Å². The molecule has 0 saturated carbocycles. The van der Waals surface area contributed by atoms with E-state index in [9.17, 15) is 36.1 Å². The Morgan fingerprint density at radius 1 is 1.29 bits per heavy atom. The summed E-state index contributed by atoms with van der Waals surface area (Å²) < 4.78 is 97.5. The lowest BCUT2D eigenvalue weighted by Gasteiger charge is -2.31. The lowest BCUT2D eigenvalue weighted by molar-refractivity contribution is -0.214. The van der Waals surface area contributed by atoms with E-state index in [0.29, 0.717) is 6.20 Å². The van der Waals surface area contributed by atoms with Crippen LogP contribution in [-0.4, -0.2) is 60.1 Å². The van der Waals surface area contributed by atoms with Crippen LogP contribution in [-0.2, 0) is 32.5 Å². The van der Waals surface area contributed by atoms with E-state index in [0.717, 1.165) is 4.90 Å². The summed E-state index contributed by atoms with van der Waals surface area (Å²) in [5.41, 5.74) is 0. The number of alkyl halides is 4. The van der Waals surface area contributed by atoms with Crippen molar-refractivity contribution in [2.75, 3.05) is 13.2 Å². The molecule has 0 N–H and O–H groups in total. The lowest BCUT2D eigenvalue weighted by atomic mass is 10.1. The van der Waals surface area contributed by atoms with Crippen molar-refractivity contribution in [3.63, 3.8) is 0 Å². The highest BCUT2D eigenvalue weighted by Crippen LogP contribution is 2.57. The molecule has 3 aliphatic rings. The fraction of sp³-hybridized carbons (Fsp3) is 0.714. The van der Waals surface area contributed by atoms with Crippen LogP contribution in [0.15, 0.2) is 12.0 Å². The van der Waals surface area contributed by atoms with Gasteiger partial charge in [-0.3, -0.25) is 28.1 Å². The van der Waals surface area contributed by atoms with Crippen molar-refractivity contribution in [1.29, 1.82) is 0 Å². The maximum Gasteiger partial charge on any atom is 0.475 e. The van der Waals surface area contributed by atoms with Crippen molar-refractivity contribution in [2.24, 2.45) is 0 Å². The molecule has 4 atom stereocenters. The molecule has 28 heavy (non-hydrogen) atoms. The molecule has 0 bridgehead atoms. The van der Waals surface area contributed by atoms with Gasteiger partial charge in [-0.1, -0.05) is 0 Å². The Morgan fingerprint density at radius 2 is 1.96 bits per heavy atom. The standard InChI is InChI=1S/C14H15F5NO7P/c1-13(16,17)14(18,19)6-25-28(23)24-5-10-9(27-28)3-12(26-10)20-4-7(15)8(21)2-11(20)22/h4,9-10,12H,2-3,5-6H2,1H3/t9-,10+,12+,28?/m0/s1. The predicted molar refractivity (Wildman–Crippen MR) is 78.9 cm³/mol. The smallest absolute Gasteiger partial charge is 0.349 e. The number of allylic oxidation sites excluding steroid dienone is 1. The minimum Gasteiger partial charge on any atom is -0.349 e. The lowest BCUT2D eigenvalue weighted by Crippen LogP contribution is -2.42. The second kappa shape index (κ2) is 7.13. The molecule has 3 heterocycles. The number of fused-ring (bicyclic) bond motifs is 1. The minimum atomic E-state index is -4.61. The number of carbonyl (C=O) groups is 2. The van der Waals surface area contributed by atoms with Crippen LogP contribution in [0.4, 0.5) is 22.0 Å². The van der Waals surface area contributed by atoms with E-state index in [1.165, 1.54) is 0 Å². The van der Waals surface area contributed by atoms with Gasteiger partial charge in [0.2, 0.25) is 11.7 Å². The fourth-order valence-electron chi connectivity index (χ4n) is 2.67. The summed E-state index contributed by atoms with van der Waals surface area (Å²) in [6.07, 6.45) is -3.23. The number of nitrogens with zero attached hydrogens (tertiary/aromatic N) is 1. The number of amides is 1. The number of ether oxygens (including phenoxy) is 1. The van der Waals surface area contributed by atoms with Crippen molar-refractivity contribution >= 4 is 19.5 Å². The first-order valence-electron chi connectivity index (χ1n) is 8.02. The van der Waals surface area contributed by atoms with E-state index in [-0.39, 0.29) is 13.3 Å². The first kappa shape index (κ1) is 21.3. The predicted octanol–water partition coefficient (Wildman–Crippen LogP) is 2.54. The summed E-state index contributed by atoms with van der Waals surface area (Å²) in [4.78, 5) is 23.9. The summed E-state index contributed by atoms with van der Waals surface area (Å²) in [6.45, 7) is -2.39. The maximum absolute atomic E-state index is 13.5. The van der Waals surface area contributed by atoms with E-state index in [1.54, 1.807) is 0 Å². The Labute approximate surface area is 155 Å². The molecule has 0 aromatic rings. The Kier molecular flexibility index (Phi) is 5.43. The van der Waals surface area contributed by atoms with Crippen molar-refractivity contribution < 1.29 is 54.4 Å². The number of ketones is 1. The summed E-state index contributed by atoms with van der Waals surface area (Å²) in [6, 6.07) is 0. The summed E-state index contributed by atoms with van der Waals surface area (Å²) in [5.74, 6) is -11.9. The molecule has 1 amide bonds. The normalized spacial score (nSPS) is 34.4. The van der Waals surface area contributed by atoms with Crippen LogP contribution in [0, 0.1) is 0 Å². The first-order chi connectivity index (χ1) is 12.8. The van der Waals surface area contributed by atoms with Gasteiger partial charge in [0.25, 0.3) is 0 Å².